The second-order valence-electron chi connectivity index (χ2n) is 8.51. The minimum absolute atomic E-state index is 0.00674. The van der Waals surface area contributed by atoms with Crippen LogP contribution in [0.25, 0.3) is 10.9 Å². The number of hydrogen-bond acceptors (Lipinski definition) is 5. The number of amides is 1. The number of hydrogen-bond donors (Lipinski definition) is 0. The summed E-state index contributed by atoms with van der Waals surface area (Å²) in [5, 5.41) is 11.7. The van der Waals surface area contributed by atoms with E-state index >= 15 is 0 Å². The highest BCUT2D eigenvalue weighted by molar-refractivity contribution is 7.89. The Morgan fingerprint density at radius 3 is 2.48 bits per heavy atom. The Hall–Kier alpha value is -3.24. The highest BCUT2D eigenvalue weighted by Crippen LogP contribution is 2.27. The largest absolute Gasteiger partial charge is 0.339 e. The van der Waals surface area contributed by atoms with Crippen molar-refractivity contribution in [1.82, 2.24) is 13.8 Å². The van der Waals surface area contributed by atoms with E-state index in [-0.39, 0.29) is 31.2 Å². The molecule has 1 saturated heterocycles. The van der Waals surface area contributed by atoms with Crippen LogP contribution in [0.15, 0.2) is 53.6 Å². The third-order valence-corrected chi connectivity index (χ3v) is 8.46. The van der Waals surface area contributed by atoms with Crippen LogP contribution >= 0.6 is 0 Å². The van der Waals surface area contributed by atoms with Crippen molar-refractivity contribution in [3.8, 4) is 0 Å². The predicted molar refractivity (Wildman–Crippen MR) is 122 cm³/mol. The first-order valence-corrected chi connectivity index (χ1v) is 12.4. The van der Waals surface area contributed by atoms with E-state index in [2.05, 4.69) is 0 Å². The number of aromatic nitrogens is 1. The van der Waals surface area contributed by atoms with Crippen LogP contribution in [0.3, 0.4) is 0 Å². The summed E-state index contributed by atoms with van der Waals surface area (Å²) in [5.41, 5.74) is 3.10. The normalized spacial score (nSPS) is 16.8. The molecule has 2 heterocycles. The smallest absolute Gasteiger partial charge is 0.270 e. The van der Waals surface area contributed by atoms with Crippen LogP contribution in [-0.2, 0) is 34.2 Å². The maximum absolute atomic E-state index is 13.1. The van der Waals surface area contributed by atoms with Gasteiger partial charge in [0.15, 0.2) is 0 Å². The average Bonchev–Trinajstić information content (AvgIpc) is 3.45. The van der Waals surface area contributed by atoms with Gasteiger partial charge in [0.2, 0.25) is 15.9 Å². The van der Waals surface area contributed by atoms with Gasteiger partial charge in [-0.15, -0.1) is 0 Å². The number of rotatable bonds is 5. The molecule has 1 aromatic heterocycles. The number of benzene rings is 2. The Morgan fingerprint density at radius 2 is 1.73 bits per heavy atom. The molecular weight excluding hydrogens is 444 g/mol. The molecule has 0 unspecified atom stereocenters. The van der Waals surface area contributed by atoms with Gasteiger partial charge in [0.1, 0.15) is 6.54 Å². The Balaban J connectivity index is 1.24. The van der Waals surface area contributed by atoms with E-state index in [4.69, 9.17) is 0 Å². The van der Waals surface area contributed by atoms with Gasteiger partial charge < -0.3 is 9.47 Å². The van der Waals surface area contributed by atoms with E-state index in [1.165, 1.54) is 22.0 Å². The van der Waals surface area contributed by atoms with E-state index in [9.17, 15) is 23.3 Å². The maximum Gasteiger partial charge on any atom is 0.270 e. The van der Waals surface area contributed by atoms with Gasteiger partial charge in [0, 0.05) is 55.4 Å². The molecule has 172 valence electrons. The first-order valence-electron chi connectivity index (χ1n) is 11.0. The van der Waals surface area contributed by atoms with Gasteiger partial charge in [-0.05, 0) is 54.7 Å². The molecule has 1 amide bonds. The van der Waals surface area contributed by atoms with Crippen LogP contribution < -0.4 is 0 Å². The van der Waals surface area contributed by atoms with Gasteiger partial charge in [-0.2, -0.15) is 4.31 Å². The summed E-state index contributed by atoms with van der Waals surface area (Å²) in [6, 6.07) is 11.7. The molecule has 0 saturated carbocycles. The monoisotopic (exact) mass is 468 g/mol. The molecule has 2 aliphatic rings. The van der Waals surface area contributed by atoms with Crippen molar-refractivity contribution < 1.29 is 18.1 Å². The third kappa shape index (κ3) is 4.00. The zero-order valence-corrected chi connectivity index (χ0v) is 18.8. The highest BCUT2D eigenvalue weighted by Gasteiger charge is 2.31. The number of non-ortho nitro benzene ring substituents is 1. The maximum atomic E-state index is 13.1. The molecule has 0 bridgehead atoms. The molecule has 10 heteroatoms. The molecule has 0 spiro atoms. The molecule has 33 heavy (non-hydrogen) atoms. The number of carbonyl (C=O) groups excluding carboxylic acids is 1. The fourth-order valence-corrected chi connectivity index (χ4v) is 6.19. The Morgan fingerprint density at radius 1 is 0.970 bits per heavy atom. The van der Waals surface area contributed by atoms with Crippen molar-refractivity contribution in [2.24, 2.45) is 0 Å². The van der Waals surface area contributed by atoms with Gasteiger partial charge >= 0.3 is 0 Å². The van der Waals surface area contributed by atoms with E-state index in [1.54, 1.807) is 39.9 Å². The van der Waals surface area contributed by atoms with E-state index in [1.807, 2.05) is 6.07 Å². The summed E-state index contributed by atoms with van der Waals surface area (Å²) in [6.45, 7) is 1.26. The number of fused-ring (bicyclic) bond motifs is 2. The summed E-state index contributed by atoms with van der Waals surface area (Å²) in [4.78, 5) is 25.4. The number of aryl methyl sites for hydroxylation is 2. The lowest BCUT2D eigenvalue weighted by Gasteiger charge is -2.34. The Bertz CT molecular complexity index is 1360. The lowest BCUT2D eigenvalue weighted by atomic mass is 10.1. The van der Waals surface area contributed by atoms with Crippen LogP contribution in [0.4, 0.5) is 5.69 Å². The molecule has 0 N–H and O–H groups in total. The lowest BCUT2D eigenvalue weighted by molar-refractivity contribution is -0.384. The van der Waals surface area contributed by atoms with Gasteiger partial charge in [-0.25, -0.2) is 8.42 Å². The number of nitro groups is 1. The molecule has 9 nitrogen and oxygen atoms in total. The van der Waals surface area contributed by atoms with Crippen molar-refractivity contribution in [1.29, 1.82) is 0 Å². The molecule has 1 aliphatic heterocycles. The van der Waals surface area contributed by atoms with Crippen LogP contribution in [0.5, 0.6) is 0 Å². The average molecular weight is 469 g/mol. The third-order valence-electron chi connectivity index (χ3n) is 6.57. The van der Waals surface area contributed by atoms with Crippen LogP contribution in [0.2, 0.25) is 0 Å². The second kappa shape index (κ2) is 8.27. The number of nitro benzene ring substituents is 1. The van der Waals surface area contributed by atoms with Gasteiger partial charge in [-0.1, -0.05) is 6.07 Å². The quantitative estimate of drug-likeness (QED) is 0.423. The van der Waals surface area contributed by atoms with Crippen molar-refractivity contribution in [3.05, 3.63) is 69.9 Å². The fourth-order valence-electron chi connectivity index (χ4n) is 4.72. The highest BCUT2D eigenvalue weighted by atomic mass is 32.2. The van der Waals surface area contributed by atoms with Crippen LogP contribution in [0.1, 0.15) is 17.5 Å². The van der Waals surface area contributed by atoms with E-state index in [0.29, 0.717) is 23.4 Å². The zero-order valence-electron chi connectivity index (χ0n) is 18.0. The topological polar surface area (TPSA) is 106 Å². The zero-order chi connectivity index (χ0) is 23.2. The minimum atomic E-state index is -3.59. The molecule has 1 aliphatic carbocycles. The van der Waals surface area contributed by atoms with Crippen molar-refractivity contribution >= 4 is 32.5 Å². The predicted octanol–water partition coefficient (Wildman–Crippen LogP) is 2.57. The first kappa shape index (κ1) is 21.6. The molecule has 3 aromatic rings. The second-order valence-corrected chi connectivity index (χ2v) is 10.5. The van der Waals surface area contributed by atoms with E-state index in [0.717, 1.165) is 30.3 Å². The lowest BCUT2D eigenvalue weighted by Crippen LogP contribution is -2.51. The molecule has 0 radical (unpaired) electrons. The van der Waals surface area contributed by atoms with Crippen molar-refractivity contribution in [3.63, 3.8) is 0 Å². The SMILES string of the molecule is O=C(Cn1ccc2cc([N+](=O)[O-])ccc21)N1CCN(S(=O)(=O)c2ccc3c(c2)CCC3)CC1. The molecular formula is C23H24N4O5S. The molecule has 5 rings (SSSR count). The van der Waals surface area contributed by atoms with Crippen molar-refractivity contribution in [2.45, 2.75) is 30.7 Å². The minimum Gasteiger partial charge on any atom is -0.339 e. The molecule has 2 aromatic carbocycles. The van der Waals surface area contributed by atoms with Crippen molar-refractivity contribution in [2.75, 3.05) is 26.2 Å². The summed E-state index contributed by atoms with van der Waals surface area (Å²) in [7, 11) is -3.59. The fraction of sp³-hybridized carbons (Fsp3) is 0.348. The first-order chi connectivity index (χ1) is 15.8. The van der Waals surface area contributed by atoms with Gasteiger partial charge in [-0.3, -0.25) is 14.9 Å². The molecule has 0 atom stereocenters. The number of piperazine rings is 1. The Labute approximate surface area is 191 Å². The number of sulfonamides is 1. The van der Waals surface area contributed by atoms with Gasteiger partial charge in [0.25, 0.3) is 5.69 Å². The summed E-state index contributed by atoms with van der Waals surface area (Å²) < 4.78 is 29.4. The van der Waals surface area contributed by atoms with Crippen LogP contribution in [-0.4, -0.2) is 59.2 Å². The number of nitrogens with zero attached hydrogens (tertiary/aromatic N) is 4. The Kier molecular flexibility index (Phi) is 5.41. The van der Waals surface area contributed by atoms with Crippen LogP contribution in [0, 0.1) is 10.1 Å². The summed E-state index contributed by atoms with van der Waals surface area (Å²) >= 11 is 0. The molecule has 1 fully saturated rings. The van der Waals surface area contributed by atoms with Gasteiger partial charge in [0.05, 0.1) is 9.82 Å². The number of carbonyl (C=O) groups is 1. The summed E-state index contributed by atoms with van der Waals surface area (Å²) in [5.74, 6) is -0.111. The summed E-state index contributed by atoms with van der Waals surface area (Å²) in [6.07, 6.45) is 4.72. The standard InChI is InChI=1S/C23H24N4O5S/c28-23(16-25-9-8-19-14-20(27(29)30)5-7-22(19)25)24-10-12-26(13-11-24)33(31,32)21-6-4-17-2-1-3-18(17)15-21/h4-9,14-15H,1-3,10-13,16H2. The van der Waals surface area contributed by atoms with E-state index < -0.39 is 14.9 Å².